The van der Waals surface area contributed by atoms with E-state index in [9.17, 15) is 19.7 Å². The molecule has 12 nitrogen and oxygen atoms in total. The van der Waals surface area contributed by atoms with Crippen molar-refractivity contribution in [2.24, 2.45) is 23.2 Å². The fourth-order valence-electron chi connectivity index (χ4n) is 7.49. The predicted octanol–water partition coefficient (Wildman–Crippen LogP) is 3.69. The van der Waals surface area contributed by atoms with Crippen molar-refractivity contribution in [1.82, 2.24) is 21.4 Å². The number of carbonyl (C=O) groups excluding carboxylic acids is 2. The fraction of sp³-hybridized carbons (Fsp3) is 0.719. The number of hydrogen-bond donors (Lipinski definition) is 5. The maximum Gasteiger partial charge on any atom is 0.481 e. The van der Waals surface area contributed by atoms with Gasteiger partial charge in [0.2, 0.25) is 11.8 Å². The quantitative estimate of drug-likeness (QED) is 0.0491. The molecule has 1 heterocycles. The lowest BCUT2D eigenvalue weighted by Crippen LogP contribution is -2.65. The predicted molar refractivity (Wildman–Crippen MR) is 173 cm³/mol. The lowest BCUT2D eigenvalue weighted by atomic mass is 9.43. The van der Waals surface area contributed by atoms with Crippen molar-refractivity contribution in [3.05, 3.63) is 45.5 Å². The highest BCUT2D eigenvalue weighted by molar-refractivity contribution is 6.48. The summed E-state index contributed by atoms with van der Waals surface area (Å²) in [5.41, 5.74) is 3.89. The summed E-state index contributed by atoms with van der Waals surface area (Å²) in [4.78, 5) is 37.4. The summed E-state index contributed by atoms with van der Waals surface area (Å²) in [6.07, 6.45) is 5.09. The summed E-state index contributed by atoms with van der Waals surface area (Å²) in [5.74, 6) is -0.0849. The number of nitro groups is 1. The van der Waals surface area contributed by atoms with Gasteiger partial charge in [0.1, 0.15) is 6.04 Å². The molecule has 3 aliphatic carbocycles. The second kappa shape index (κ2) is 14.5. The molecule has 5 rings (SSSR count). The van der Waals surface area contributed by atoms with Gasteiger partial charge in [0.25, 0.3) is 5.96 Å². The molecule has 1 saturated heterocycles. The molecule has 2 amide bonds. The van der Waals surface area contributed by atoms with Gasteiger partial charge in [-0.15, -0.1) is 0 Å². The molecule has 0 aromatic heterocycles. The third-order valence-electron chi connectivity index (χ3n) is 10.2. The molecule has 4 aliphatic rings. The Hall–Kier alpha value is -3.19. The van der Waals surface area contributed by atoms with Crippen LogP contribution < -0.4 is 21.4 Å². The van der Waals surface area contributed by atoms with Crippen molar-refractivity contribution in [2.75, 3.05) is 6.54 Å². The average molecular weight is 627 g/mol. The Balaban J connectivity index is 1.39. The van der Waals surface area contributed by atoms with Gasteiger partial charge in [-0.1, -0.05) is 62.9 Å². The molecule has 6 atom stereocenters. The molecule has 0 unspecified atom stereocenters. The highest BCUT2D eigenvalue weighted by Crippen LogP contribution is 2.65. The second-order valence-electron chi connectivity index (χ2n) is 14.4. The van der Waals surface area contributed by atoms with Crippen LogP contribution in [0.25, 0.3) is 0 Å². The maximum absolute atomic E-state index is 13.8. The van der Waals surface area contributed by atoms with Crippen LogP contribution in [-0.2, 0) is 25.3 Å². The van der Waals surface area contributed by atoms with Crippen molar-refractivity contribution in [3.8, 4) is 0 Å². The van der Waals surface area contributed by atoms with Gasteiger partial charge in [-0.05, 0) is 87.5 Å². The molecule has 2 bridgehead atoms. The molecular formula is C32H51BN6O6. The van der Waals surface area contributed by atoms with E-state index < -0.39 is 35.7 Å². The molecule has 5 N–H and O–H groups in total. The third kappa shape index (κ3) is 8.55. The van der Waals surface area contributed by atoms with Gasteiger partial charge in [0.05, 0.1) is 17.6 Å². The van der Waals surface area contributed by atoms with E-state index in [4.69, 9.17) is 14.7 Å². The number of guanidine groups is 1. The Morgan fingerprint density at radius 1 is 1.13 bits per heavy atom. The lowest BCUT2D eigenvalue weighted by Gasteiger charge is -2.64. The summed E-state index contributed by atoms with van der Waals surface area (Å²) in [6.45, 7) is 13.2. The number of hydrogen-bond acceptors (Lipinski definition) is 7. The number of carbonyl (C=O) groups is 2. The minimum atomic E-state index is -0.822. The molecule has 4 fully saturated rings. The molecule has 1 aliphatic heterocycles. The third-order valence-corrected chi connectivity index (χ3v) is 10.2. The first kappa shape index (κ1) is 34.7. The number of hydrazine groups is 1. The number of aryl methyl sites for hydroxylation is 2. The molecule has 248 valence electrons. The van der Waals surface area contributed by atoms with E-state index in [0.717, 1.165) is 24.8 Å². The first-order valence-corrected chi connectivity index (χ1v) is 16.4. The van der Waals surface area contributed by atoms with E-state index in [2.05, 4.69) is 74.8 Å². The topological polar surface area (TPSA) is 168 Å². The Labute approximate surface area is 267 Å². The van der Waals surface area contributed by atoms with E-state index in [1.807, 2.05) is 6.92 Å². The van der Waals surface area contributed by atoms with Crippen LogP contribution in [0.4, 0.5) is 0 Å². The lowest BCUT2D eigenvalue weighted by molar-refractivity contribution is -0.525. The van der Waals surface area contributed by atoms with Crippen LogP contribution >= 0.6 is 0 Å². The molecular weight excluding hydrogens is 575 g/mol. The van der Waals surface area contributed by atoms with E-state index in [1.165, 1.54) is 5.56 Å². The molecule has 1 aromatic rings. The summed E-state index contributed by atoms with van der Waals surface area (Å²) >= 11 is 0. The van der Waals surface area contributed by atoms with Crippen molar-refractivity contribution >= 4 is 24.9 Å². The molecule has 3 saturated carbocycles. The first-order chi connectivity index (χ1) is 21.2. The van der Waals surface area contributed by atoms with Crippen LogP contribution in [-0.4, -0.2) is 60.2 Å². The van der Waals surface area contributed by atoms with Gasteiger partial charge in [0, 0.05) is 13.0 Å². The fourth-order valence-corrected chi connectivity index (χ4v) is 7.49. The van der Waals surface area contributed by atoms with Gasteiger partial charge < -0.3 is 25.3 Å². The van der Waals surface area contributed by atoms with Crippen LogP contribution in [0.2, 0.25) is 0 Å². The number of rotatable bonds is 15. The van der Waals surface area contributed by atoms with Gasteiger partial charge in [-0.3, -0.25) is 15.0 Å². The molecule has 1 aromatic carbocycles. The smallest absolute Gasteiger partial charge is 0.404 e. The molecule has 13 heteroatoms. The SMILES string of the molecule is Cc1ccc(CCCC(=O)N[C@@H](CCCNC(=N)N[N+](=O)[O-])C(=O)N[C@@H](CC(C)C)B2O[C@@H]3C[C@@H]4C[C@@H](C4(C)C)[C@]3(C)O2)cc1. The zero-order valence-electron chi connectivity index (χ0n) is 27.6. The van der Waals surface area contributed by atoms with Crippen LogP contribution in [0.15, 0.2) is 24.3 Å². The Bertz CT molecular complexity index is 1230. The number of benzene rings is 1. The summed E-state index contributed by atoms with van der Waals surface area (Å²) in [7, 11) is -0.581. The van der Waals surface area contributed by atoms with Crippen LogP contribution in [0.3, 0.4) is 0 Å². The number of amides is 2. The highest BCUT2D eigenvalue weighted by Gasteiger charge is 2.68. The highest BCUT2D eigenvalue weighted by atomic mass is 16.7. The molecule has 0 radical (unpaired) electrons. The van der Waals surface area contributed by atoms with E-state index in [1.54, 1.807) is 5.43 Å². The van der Waals surface area contributed by atoms with E-state index >= 15 is 0 Å². The monoisotopic (exact) mass is 626 g/mol. The van der Waals surface area contributed by atoms with E-state index in [-0.39, 0.29) is 48.6 Å². The van der Waals surface area contributed by atoms with Crippen molar-refractivity contribution in [3.63, 3.8) is 0 Å². The Morgan fingerprint density at radius 3 is 2.49 bits per heavy atom. The second-order valence-corrected chi connectivity index (χ2v) is 14.4. The summed E-state index contributed by atoms with van der Waals surface area (Å²) in [5, 5.41) is 26.1. The van der Waals surface area contributed by atoms with Crippen LogP contribution in [0, 0.1) is 45.6 Å². The first-order valence-electron chi connectivity index (χ1n) is 16.4. The average Bonchev–Trinajstić information content (AvgIpc) is 3.32. The van der Waals surface area contributed by atoms with E-state index in [0.29, 0.717) is 31.1 Å². The Kier molecular flexibility index (Phi) is 11.2. The zero-order chi connectivity index (χ0) is 32.9. The number of nitrogens with zero attached hydrogens (tertiary/aromatic N) is 1. The normalized spacial score (nSPS) is 25.8. The van der Waals surface area contributed by atoms with Gasteiger partial charge >= 0.3 is 7.12 Å². The summed E-state index contributed by atoms with van der Waals surface area (Å²) < 4.78 is 13.2. The van der Waals surface area contributed by atoms with Crippen molar-refractivity contribution < 1.29 is 23.9 Å². The van der Waals surface area contributed by atoms with Crippen LogP contribution in [0.5, 0.6) is 0 Å². The van der Waals surface area contributed by atoms with Gasteiger partial charge in [-0.2, -0.15) is 0 Å². The van der Waals surface area contributed by atoms with Crippen molar-refractivity contribution in [1.29, 1.82) is 5.41 Å². The summed E-state index contributed by atoms with van der Waals surface area (Å²) in [6, 6.07) is 7.40. The Morgan fingerprint density at radius 2 is 1.84 bits per heavy atom. The minimum absolute atomic E-state index is 0.0102. The number of nitrogens with one attached hydrogen (secondary N) is 5. The zero-order valence-corrected chi connectivity index (χ0v) is 27.6. The minimum Gasteiger partial charge on any atom is -0.404 e. The maximum atomic E-state index is 13.8. The largest absolute Gasteiger partial charge is 0.481 e. The molecule has 45 heavy (non-hydrogen) atoms. The van der Waals surface area contributed by atoms with Gasteiger partial charge in [0.15, 0.2) is 5.03 Å². The molecule has 0 spiro atoms. The van der Waals surface area contributed by atoms with Crippen molar-refractivity contribution in [2.45, 2.75) is 117 Å². The van der Waals surface area contributed by atoms with Gasteiger partial charge in [-0.25, -0.2) is 10.1 Å². The standard InChI is InChI=1S/C32H51BN6O6/c1-20(2)17-27(33-44-26-19-23-18-25(31(23,4)5)32(26,6)45-33)37-29(41)24(10-8-16-35-30(34)38-39(42)43)36-28(40)11-7-9-22-14-12-21(3)13-15-22/h12-15,20,23-27H,7-11,16-19H2,1-6H3,(H,36,40)(H,37,41)(H3,34,35,38)/t23-,24-,25-,26+,27-,32-/m0/s1. The van der Waals surface area contributed by atoms with Crippen LogP contribution in [0.1, 0.15) is 90.7 Å².